The van der Waals surface area contributed by atoms with Crippen LogP contribution in [0.15, 0.2) is 12.2 Å². The van der Waals surface area contributed by atoms with Crippen LogP contribution in [0, 0.1) is 5.41 Å². The number of carbonyl (C=O) groups excluding carboxylic acids is 1. The fourth-order valence-electron chi connectivity index (χ4n) is 3.14. The first-order valence-corrected chi connectivity index (χ1v) is 34.6. The summed E-state index contributed by atoms with van der Waals surface area (Å²) in [4.78, 5) is 13.1. The van der Waals surface area contributed by atoms with Gasteiger partial charge in [0.2, 0.25) is 0 Å². The van der Waals surface area contributed by atoms with Crippen molar-refractivity contribution in [1.82, 2.24) is 0 Å². The van der Waals surface area contributed by atoms with E-state index < -0.39 is 72.3 Å². The predicted molar refractivity (Wildman–Crippen MR) is 175 cm³/mol. The molecule has 14 heteroatoms. The summed E-state index contributed by atoms with van der Waals surface area (Å²) in [6.07, 6.45) is 0. The molecule has 0 N–H and O–H groups in total. The molecule has 0 aliphatic heterocycles. The van der Waals surface area contributed by atoms with Crippen molar-refractivity contribution in [2.75, 3.05) is 0 Å². The van der Waals surface area contributed by atoms with Crippen LogP contribution in [0.5, 0.6) is 0 Å². The average Bonchev–Trinajstić information content (AvgIpc) is 2.59. The molecule has 0 heterocycles. The zero-order valence-corrected chi connectivity index (χ0v) is 35.7. The topological polar surface area (TPSA) is 72.5 Å². The molecule has 0 saturated heterocycles. The highest BCUT2D eigenvalue weighted by molar-refractivity contribution is 7.37. The van der Waals surface area contributed by atoms with Crippen molar-refractivity contribution < 1.29 is 31.7 Å². The van der Waals surface area contributed by atoms with Gasteiger partial charge in [0.1, 0.15) is 5.41 Å². The van der Waals surface area contributed by atoms with Crippen LogP contribution in [-0.4, -0.2) is 77.3 Å². The Morgan fingerprint density at radius 3 is 1.43 bits per heavy atom. The van der Waals surface area contributed by atoms with Gasteiger partial charge in [0.15, 0.2) is 44.2 Å². The van der Waals surface area contributed by atoms with E-state index in [1.807, 2.05) is 13.8 Å². The van der Waals surface area contributed by atoms with Gasteiger partial charge >= 0.3 is 11.9 Å². The van der Waals surface area contributed by atoms with Crippen LogP contribution in [0.25, 0.3) is 0 Å². The number of esters is 1. The molecule has 0 spiro atoms. The van der Waals surface area contributed by atoms with E-state index in [1.54, 1.807) is 6.92 Å². The summed E-state index contributed by atoms with van der Waals surface area (Å²) in [6.45, 7) is 40.3. The Balaban J connectivity index is 7.62. The van der Waals surface area contributed by atoms with Gasteiger partial charge in [-0.2, -0.15) is 0 Å². The maximum absolute atomic E-state index is 13.1. The summed E-state index contributed by atoms with van der Waals surface area (Å²) >= 11 is 0. The Labute approximate surface area is 238 Å². The van der Waals surface area contributed by atoms with Gasteiger partial charge < -0.3 is 26.9 Å². The van der Waals surface area contributed by atoms with Crippen LogP contribution in [-0.2, 0) is 31.7 Å². The lowest BCUT2D eigenvalue weighted by Crippen LogP contribution is -2.74. The maximum atomic E-state index is 13.1. The van der Waals surface area contributed by atoms with Gasteiger partial charge in [-0.15, -0.1) is 0 Å². The largest absolute Gasteiger partial charge is 0.405 e. The molecular weight excluding hydrogens is 585 g/mol. The smallest absolute Gasteiger partial charge is 0.337 e. The van der Waals surface area contributed by atoms with Crippen molar-refractivity contribution in [2.45, 2.75) is 124 Å². The Kier molecular flexibility index (Phi) is 12.4. The molecule has 0 aromatic heterocycles. The lowest BCUT2D eigenvalue weighted by atomic mass is 9.86. The minimum Gasteiger partial charge on any atom is -0.405 e. The van der Waals surface area contributed by atoms with Crippen LogP contribution in [0.4, 0.5) is 0 Å². The van der Waals surface area contributed by atoms with E-state index in [1.165, 1.54) is 0 Å². The molecule has 0 radical (unpaired) electrons. The molecule has 0 fully saturated rings. The Hall–Kier alpha value is 0.528. The van der Waals surface area contributed by atoms with E-state index in [9.17, 15) is 4.79 Å². The molecule has 0 saturated carbocycles. The number of hydrogen-bond acceptors (Lipinski definition) is 7. The lowest BCUT2D eigenvalue weighted by molar-refractivity contribution is -0.435. The Bertz CT molecular complexity index is 790. The second-order valence-electron chi connectivity index (χ2n) is 15.3. The zero-order valence-electron chi connectivity index (χ0n) is 27.3. The molecule has 7 nitrogen and oxygen atoms in total. The summed E-state index contributed by atoms with van der Waals surface area (Å²) in [5.74, 6) is -3.83. The van der Waals surface area contributed by atoms with Crippen molar-refractivity contribution in [3.63, 3.8) is 0 Å². The third-order valence-electron chi connectivity index (χ3n) is 6.15. The number of carbonyl (C=O) groups is 1. The third-order valence-corrected chi connectivity index (χ3v) is 28.4. The average molecular weight is 643 g/mol. The molecule has 0 aliphatic carbocycles. The normalized spacial score (nSPS) is 16.8. The summed E-state index contributed by atoms with van der Waals surface area (Å²) in [7, 11) is -11.2. The van der Waals surface area contributed by atoms with Gasteiger partial charge in [-0.1, -0.05) is 45.9 Å². The fourth-order valence-corrected chi connectivity index (χ4v) is 12.3. The van der Waals surface area contributed by atoms with Gasteiger partial charge in [0, 0.05) is 5.57 Å². The molecule has 220 valence electrons. The Morgan fingerprint density at radius 2 is 1.16 bits per heavy atom. The maximum Gasteiger partial charge on any atom is 0.337 e. The van der Waals surface area contributed by atoms with Crippen molar-refractivity contribution in [1.29, 1.82) is 0 Å². The second-order valence-corrected chi connectivity index (χ2v) is 53.3. The third kappa shape index (κ3) is 10.5. The van der Waals surface area contributed by atoms with Crippen molar-refractivity contribution in [2.24, 2.45) is 5.41 Å². The predicted octanol–water partition coefficient (Wildman–Crippen LogP) is 5.01. The number of rotatable bonds is 15. The summed E-state index contributed by atoms with van der Waals surface area (Å²) in [5, 5.41) is 0. The van der Waals surface area contributed by atoms with Gasteiger partial charge in [-0.05, 0) is 73.1 Å². The van der Waals surface area contributed by atoms with Gasteiger partial charge in [0.25, 0.3) is 5.97 Å². The van der Waals surface area contributed by atoms with Crippen molar-refractivity contribution in [3.05, 3.63) is 12.2 Å². The lowest BCUT2D eigenvalue weighted by Gasteiger charge is -2.58. The van der Waals surface area contributed by atoms with E-state index in [0.29, 0.717) is 0 Å². The molecule has 0 aromatic rings. The highest BCUT2D eigenvalue weighted by Gasteiger charge is 2.69. The Morgan fingerprint density at radius 1 is 0.757 bits per heavy atom. The first-order valence-electron chi connectivity index (χ1n) is 13.1. The van der Waals surface area contributed by atoms with Crippen molar-refractivity contribution >= 4 is 65.4 Å². The zero-order chi connectivity index (χ0) is 30.1. The molecule has 1 unspecified atom stereocenters. The van der Waals surface area contributed by atoms with E-state index in [-0.39, 0.29) is 16.1 Å². The minimum atomic E-state index is -2.37. The SMILES string of the molecule is C=C(C)C(=O)OC(O[SiH3])(O[SiH2][Si](C)(C)C)C(C)(C)C(O[Si](C)(C)C)(O[Si](C)(C)C)O[Si](C)(C)[Si](C)(C)C. The minimum absolute atomic E-state index is 0.261. The fraction of sp³-hybridized carbons (Fsp3) is 0.870. The number of hydrogen-bond donors (Lipinski definition) is 0. The molecular formula is C23H58O7Si7. The van der Waals surface area contributed by atoms with E-state index >= 15 is 0 Å². The van der Waals surface area contributed by atoms with Crippen molar-refractivity contribution in [3.8, 4) is 0 Å². The summed E-state index contributed by atoms with van der Waals surface area (Å²) in [5.41, 5.74) is -0.901. The van der Waals surface area contributed by atoms with Crippen LogP contribution < -0.4 is 0 Å². The number of ether oxygens (including phenoxy) is 1. The van der Waals surface area contributed by atoms with Gasteiger partial charge in [-0.3, -0.25) is 0 Å². The molecule has 0 rings (SSSR count). The van der Waals surface area contributed by atoms with E-state index in [2.05, 4.69) is 98.2 Å². The molecule has 0 aliphatic rings. The quantitative estimate of drug-likeness (QED) is 0.108. The molecule has 0 aromatic carbocycles. The monoisotopic (exact) mass is 642 g/mol. The van der Waals surface area contributed by atoms with Crippen LogP contribution in [0.3, 0.4) is 0 Å². The van der Waals surface area contributed by atoms with Gasteiger partial charge in [0.05, 0.1) is 15.2 Å². The molecule has 0 amide bonds. The summed E-state index contributed by atoms with van der Waals surface area (Å²) < 4.78 is 40.5. The van der Waals surface area contributed by atoms with Crippen LogP contribution in [0.1, 0.15) is 20.8 Å². The molecule has 1 atom stereocenters. The van der Waals surface area contributed by atoms with E-state index in [0.717, 1.165) is 0 Å². The first-order chi connectivity index (χ1) is 16.0. The molecule has 37 heavy (non-hydrogen) atoms. The van der Waals surface area contributed by atoms with Crippen LogP contribution >= 0.6 is 0 Å². The first kappa shape index (κ1) is 37.5. The second kappa shape index (κ2) is 12.2. The summed E-state index contributed by atoms with van der Waals surface area (Å²) in [6, 6.07) is 0. The molecule has 0 bridgehead atoms. The highest BCUT2D eigenvalue weighted by atomic mass is 29.3. The van der Waals surface area contributed by atoms with Gasteiger partial charge in [-0.25, -0.2) is 4.79 Å². The standard InChI is InChI=1S/C23H58O7Si7/c1-19(2)20(24)25-22(26-31,27-32-35(11,12)13)21(3,4)23(28-33(5,6)7,29-34(8,9)10)30-37(17,18)36(14,15)16/h1,32H2,2-18,31H3. The van der Waals surface area contributed by atoms with Crippen LogP contribution in [0.2, 0.25) is 91.7 Å². The highest BCUT2D eigenvalue weighted by Crippen LogP contribution is 2.52. The van der Waals surface area contributed by atoms with E-state index in [4.69, 9.17) is 26.9 Å².